The third-order valence-electron chi connectivity index (χ3n) is 3.35. The monoisotopic (exact) mass is 232 g/mol. The second kappa shape index (κ2) is 4.37. The van der Waals surface area contributed by atoms with Gasteiger partial charge in [0.2, 0.25) is 5.91 Å². The van der Waals surface area contributed by atoms with E-state index < -0.39 is 0 Å². The van der Waals surface area contributed by atoms with Gasteiger partial charge < -0.3 is 15.0 Å². The van der Waals surface area contributed by atoms with Crippen molar-refractivity contribution in [2.45, 2.75) is 18.9 Å². The maximum Gasteiger partial charge on any atom is 0.244 e. The average Bonchev–Trinajstić information content (AvgIpc) is 2.91. The molecule has 2 heterocycles. The molecule has 4 nitrogen and oxygen atoms in total. The topological polar surface area (TPSA) is 41.6 Å². The Kier molecular flexibility index (Phi) is 2.73. The van der Waals surface area contributed by atoms with Gasteiger partial charge in [-0.3, -0.25) is 4.79 Å². The van der Waals surface area contributed by atoms with Crippen LogP contribution in [0.15, 0.2) is 24.3 Å². The summed E-state index contributed by atoms with van der Waals surface area (Å²) >= 11 is 0. The minimum atomic E-state index is -0.0128. The molecule has 0 unspecified atom stereocenters. The van der Waals surface area contributed by atoms with E-state index in [1.54, 1.807) is 0 Å². The average molecular weight is 232 g/mol. The van der Waals surface area contributed by atoms with E-state index >= 15 is 0 Å². The van der Waals surface area contributed by atoms with E-state index in [0.717, 1.165) is 30.8 Å². The molecule has 1 amide bonds. The number of carbonyl (C=O) groups excluding carboxylic acids is 1. The zero-order valence-electron chi connectivity index (χ0n) is 9.69. The molecule has 0 radical (unpaired) electrons. The summed E-state index contributed by atoms with van der Waals surface area (Å²) in [5, 5.41) is 3.25. The van der Waals surface area contributed by atoms with E-state index in [1.165, 1.54) is 0 Å². The number of anilines is 1. The first-order valence-electron chi connectivity index (χ1n) is 6.13. The lowest BCUT2D eigenvalue weighted by Gasteiger charge is -2.31. The van der Waals surface area contributed by atoms with Crippen LogP contribution >= 0.6 is 0 Å². The maximum absolute atomic E-state index is 12.4. The Labute approximate surface area is 101 Å². The molecule has 1 N–H and O–H groups in total. The maximum atomic E-state index is 12.4. The third-order valence-corrected chi connectivity index (χ3v) is 3.35. The highest BCUT2D eigenvalue weighted by Gasteiger charge is 2.30. The van der Waals surface area contributed by atoms with E-state index in [-0.39, 0.29) is 11.9 Å². The van der Waals surface area contributed by atoms with Crippen molar-refractivity contribution < 1.29 is 9.53 Å². The number of hydrogen-bond donors (Lipinski definition) is 1. The van der Waals surface area contributed by atoms with Crippen molar-refractivity contribution in [1.29, 1.82) is 0 Å². The SMILES string of the molecule is O=C([C@@H]1CCCN1)N1CCOc2ccccc21. The minimum absolute atomic E-state index is 0.0128. The number of amides is 1. The fraction of sp³-hybridized carbons (Fsp3) is 0.462. The van der Waals surface area contributed by atoms with Crippen molar-refractivity contribution in [2.75, 3.05) is 24.6 Å². The van der Waals surface area contributed by atoms with Crippen LogP contribution in [0.1, 0.15) is 12.8 Å². The standard InChI is InChI=1S/C13H16N2O2/c16-13(10-4-3-7-14-10)15-8-9-17-12-6-2-1-5-11(12)15/h1-2,5-6,10,14H,3-4,7-9H2/t10-/m0/s1. The number of benzene rings is 1. The fourth-order valence-electron chi connectivity index (χ4n) is 2.48. The van der Waals surface area contributed by atoms with Crippen molar-refractivity contribution in [2.24, 2.45) is 0 Å². The van der Waals surface area contributed by atoms with Crippen LogP contribution < -0.4 is 15.0 Å². The van der Waals surface area contributed by atoms with Gasteiger partial charge in [-0.15, -0.1) is 0 Å². The fourth-order valence-corrected chi connectivity index (χ4v) is 2.48. The number of hydrogen-bond acceptors (Lipinski definition) is 3. The smallest absolute Gasteiger partial charge is 0.244 e. The molecule has 90 valence electrons. The summed E-state index contributed by atoms with van der Waals surface area (Å²) in [4.78, 5) is 14.2. The summed E-state index contributed by atoms with van der Waals surface area (Å²) in [6.07, 6.45) is 2.03. The third kappa shape index (κ3) is 1.89. The zero-order chi connectivity index (χ0) is 11.7. The first kappa shape index (κ1) is 10.6. The number of para-hydroxylation sites is 2. The van der Waals surface area contributed by atoms with Crippen LogP contribution in [0.2, 0.25) is 0 Å². The molecule has 0 aromatic heterocycles. The summed E-state index contributed by atoms with van der Waals surface area (Å²) in [6, 6.07) is 7.72. The van der Waals surface area contributed by atoms with Gasteiger partial charge in [-0.1, -0.05) is 12.1 Å². The lowest BCUT2D eigenvalue weighted by Crippen LogP contribution is -2.47. The molecule has 1 aromatic carbocycles. The number of ether oxygens (including phenoxy) is 1. The van der Waals surface area contributed by atoms with Gasteiger partial charge in [0.15, 0.2) is 0 Å². The lowest BCUT2D eigenvalue weighted by atomic mass is 10.1. The van der Waals surface area contributed by atoms with E-state index in [1.807, 2.05) is 29.2 Å². The molecule has 2 aliphatic rings. The van der Waals surface area contributed by atoms with E-state index in [4.69, 9.17) is 4.74 Å². The molecule has 2 aliphatic heterocycles. The van der Waals surface area contributed by atoms with Crippen molar-refractivity contribution in [3.05, 3.63) is 24.3 Å². The van der Waals surface area contributed by atoms with Gasteiger partial charge in [0.25, 0.3) is 0 Å². The Balaban J connectivity index is 1.86. The highest BCUT2D eigenvalue weighted by atomic mass is 16.5. The Hall–Kier alpha value is -1.55. The normalized spacial score (nSPS) is 23.1. The largest absolute Gasteiger partial charge is 0.490 e. The first-order valence-corrected chi connectivity index (χ1v) is 6.13. The van der Waals surface area contributed by atoms with Crippen LogP contribution in [0.25, 0.3) is 0 Å². The molecule has 0 aliphatic carbocycles. The van der Waals surface area contributed by atoms with E-state index in [9.17, 15) is 4.79 Å². The summed E-state index contributed by atoms with van der Waals surface area (Å²) < 4.78 is 5.55. The van der Waals surface area contributed by atoms with Crippen LogP contribution in [0.5, 0.6) is 5.75 Å². The summed E-state index contributed by atoms with van der Waals surface area (Å²) in [5.41, 5.74) is 0.900. The van der Waals surface area contributed by atoms with Crippen LogP contribution in [0, 0.1) is 0 Å². The summed E-state index contributed by atoms with van der Waals surface area (Å²) in [5.74, 6) is 0.989. The molecule has 0 saturated carbocycles. The number of rotatable bonds is 1. The Bertz CT molecular complexity index is 427. The van der Waals surface area contributed by atoms with Gasteiger partial charge in [0.1, 0.15) is 12.4 Å². The van der Waals surface area contributed by atoms with Crippen molar-refractivity contribution in [3.63, 3.8) is 0 Å². The Morgan fingerprint density at radius 2 is 2.29 bits per heavy atom. The molecule has 0 bridgehead atoms. The van der Waals surface area contributed by atoms with Crippen molar-refractivity contribution in [3.8, 4) is 5.75 Å². The number of nitrogens with zero attached hydrogens (tertiary/aromatic N) is 1. The molecule has 17 heavy (non-hydrogen) atoms. The second-order valence-electron chi connectivity index (χ2n) is 4.46. The molecule has 1 saturated heterocycles. The van der Waals surface area contributed by atoms with E-state index in [2.05, 4.69) is 5.32 Å². The highest BCUT2D eigenvalue weighted by molar-refractivity contribution is 5.98. The van der Waals surface area contributed by atoms with Gasteiger partial charge in [-0.25, -0.2) is 0 Å². The Morgan fingerprint density at radius 3 is 3.12 bits per heavy atom. The van der Waals surface area contributed by atoms with Gasteiger partial charge >= 0.3 is 0 Å². The van der Waals surface area contributed by atoms with E-state index in [0.29, 0.717) is 13.2 Å². The first-order chi connectivity index (χ1) is 8.36. The summed E-state index contributed by atoms with van der Waals surface area (Å²) in [6.45, 7) is 2.17. The quantitative estimate of drug-likeness (QED) is 0.790. The van der Waals surface area contributed by atoms with Gasteiger partial charge in [0.05, 0.1) is 18.3 Å². The zero-order valence-corrected chi connectivity index (χ0v) is 9.69. The second-order valence-corrected chi connectivity index (χ2v) is 4.46. The molecule has 0 spiro atoms. The van der Waals surface area contributed by atoms with Gasteiger partial charge in [-0.05, 0) is 31.5 Å². The minimum Gasteiger partial charge on any atom is -0.490 e. The highest BCUT2D eigenvalue weighted by Crippen LogP contribution is 2.31. The summed E-state index contributed by atoms with van der Waals surface area (Å²) in [7, 11) is 0. The number of fused-ring (bicyclic) bond motifs is 1. The number of nitrogens with one attached hydrogen (secondary N) is 1. The van der Waals surface area contributed by atoms with Crippen molar-refractivity contribution >= 4 is 11.6 Å². The molecule has 1 atom stereocenters. The number of carbonyl (C=O) groups is 1. The van der Waals surface area contributed by atoms with Gasteiger partial charge in [0, 0.05) is 0 Å². The van der Waals surface area contributed by atoms with Gasteiger partial charge in [-0.2, -0.15) is 0 Å². The van der Waals surface area contributed by atoms with Crippen LogP contribution in [0.4, 0.5) is 5.69 Å². The predicted molar refractivity (Wildman–Crippen MR) is 65.3 cm³/mol. The molecular formula is C13H16N2O2. The molecule has 1 aromatic rings. The predicted octanol–water partition coefficient (Wildman–Crippen LogP) is 1.16. The lowest BCUT2D eigenvalue weighted by molar-refractivity contribution is -0.120. The van der Waals surface area contributed by atoms with Crippen LogP contribution in [-0.2, 0) is 4.79 Å². The Morgan fingerprint density at radius 1 is 1.41 bits per heavy atom. The molecule has 1 fully saturated rings. The molecule has 4 heteroatoms. The molecular weight excluding hydrogens is 216 g/mol. The molecule has 3 rings (SSSR count). The van der Waals surface area contributed by atoms with Crippen LogP contribution in [-0.4, -0.2) is 31.6 Å². The van der Waals surface area contributed by atoms with Crippen LogP contribution in [0.3, 0.4) is 0 Å². The van der Waals surface area contributed by atoms with Crippen molar-refractivity contribution in [1.82, 2.24) is 5.32 Å².